The van der Waals surface area contributed by atoms with Gasteiger partial charge >= 0.3 is 5.97 Å². The molecule has 0 fully saturated rings. The molecule has 3 rings (SSSR count). The Bertz CT molecular complexity index is 828. The number of aromatic nitrogens is 4. The molecule has 0 aliphatic carbocycles. The number of aryl methyl sites for hydroxylation is 2. The number of carbonyl (C=O) groups is 1. The highest BCUT2D eigenvalue weighted by molar-refractivity contribution is 5.72. The van der Waals surface area contributed by atoms with E-state index in [1.165, 1.54) is 4.80 Å². The van der Waals surface area contributed by atoms with Gasteiger partial charge in [-0.2, -0.15) is 4.80 Å². The molecule has 3 aromatic rings. The van der Waals surface area contributed by atoms with E-state index in [1.54, 1.807) is 6.07 Å². The highest BCUT2D eigenvalue weighted by atomic mass is 16.5. The van der Waals surface area contributed by atoms with Crippen molar-refractivity contribution in [3.05, 3.63) is 59.7 Å². The molecule has 0 saturated heterocycles. The molecule has 0 unspecified atom stereocenters. The van der Waals surface area contributed by atoms with Gasteiger partial charge < -0.3 is 4.74 Å². The van der Waals surface area contributed by atoms with Crippen LogP contribution in [0.15, 0.2) is 48.5 Å². The molecule has 0 bridgehead atoms. The van der Waals surface area contributed by atoms with Gasteiger partial charge in [0.25, 0.3) is 0 Å². The van der Waals surface area contributed by atoms with Crippen molar-refractivity contribution < 1.29 is 9.53 Å². The molecule has 0 aliphatic rings. The first-order chi connectivity index (χ1) is 11.1. The number of hydrogen-bond acceptors (Lipinski definition) is 5. The van der Waals surface area contributed by atoms with E-state index in [9.17, 15) is 4.79 Å². The second-order valence-electron chi connectivity index (χ2n) is 5.25. The SMILES string of the molecule is Cc1ccc(OC(=O)Cn2nnc(-c3ccccc3)n2)c(C)c1. The second-order valence-corrected chi connectivity index (χ2v) is 5.25. The highest BCUT2D eigenvalue weighted by Crippen LogP contribution is 2.19. The van der Waals surface area contributed by atoms with Gasteiger partial charge in [0.1, 0.15) is 5.75 Å². The van der Waals surface area contributed by atoms with E-state index in [1.807, 2.05) is 56.3 Å². The summed E-state index contributed by atoms with van der Waals surface area (Å²) in [6.45, 7) is 3.80. The fourth-order valence-corrected chi connectivity index (χ4v) is 2.20. The minimum atomic E-state index is -0.436. The van der Waals surface area contributed by atoms with Gasteiger partial charge in [0.2, 0.25) is 5.82 Å². The number of ether oxygens (including phenoxy) is 1. The molecule has 0 atom stereocenters. The van der Waals surface area contributed by atoms with Gasteiger partial charge in [-0.25, -0.2) is 4.79 Å². The molecule has 0 spiro atoms. The van der Waals surface area contributed by atoms with Crippen molar-refractivity contribution in [3.8, 4) is 17.1 Å². The highest BCUT2D eigenvalue weighted by Gasteiger charge is 2.12. The Morgan fingerprint density at radius 1 is 1.13 bits per heavy atom. The van der Waals surface area contributed by atoms with Crippen LogP contribution in [0.4, 0.5) is 0 Å². The summed E-state index contributed by atoms with van der Waals surface area (Å²) in [5, 5.41) is 12.0. The summed E-state index contributed by atoms with van der Waals surface area (Å²) in [6.07, 6.45) is 0. The van der Waals surface area contributed by atoms with Gasteiger partial charge in [-0.1, -0.05) is 48.0 Å². The van der Waals surface area contributed by atoms with Crippen LogP contribution in [0.5, 0.6) is 5.75 Å². The van der Waals surface area contributed by atoms with E-state index in [4.69, 9.17) is 4.74 Å². The van der Waals surface area contributed by atoms with Crippen LogP contribution in [-0.4, -0.2) is 26.2 Å². The van der Waals surface area contributed by atoms with Crippen LogP contribution in [0, 0.1) is 13.8 Å². The maximum Gasteiger partial charge on any atom is 0.335 e. The molecule has 6 nitrogen and oxygen atoms in total. The van der Waals surface area contributed by atoms with E-state index in [0.717, 1.165) is 16.7 Å². The third-order valence-electron chi connectivity index (χ3n) is 3.31. The zero-order valence-electron chi connectivity index (χ0n) is 12.9. The van der Waals surface area contributed by atoms with Gasteiger partial charge in [-0.3, -0.25) is 0 Å². The molecule has 1 heterocycles. The topological polar surface area (TPSA) is 69.9 Å². The monoisotopic (exact) mass is 308 g/mol. The van der Waals surface area contributed by atoms with E-state index in [0.29, 0.717) is 11.6 Å². The maximum absolute atomic E-state index is 12.0. The number of hydrogen-bond donors (Lipinski definition) is 0. The predicted octanol–water partition coefficient (Wildman–Crippen LogP) is 2.56. The van der Waals surface area contributed by atoms with Crippen molar-refractivity contribution in [1.82, 2.24) is 20.2 Å². The predicted molar refractivity (Wildman–Crippen MR) is 84.8 cm³/mol. The zero-order valence-corrected chi connectivity index (χ0v) is 12.9. The summed E-state index contributed by atoms with van der Waals surface area (Å²) in [7, 11) is 0. The van der Waals surface area contributed by atoms with Crippen molar-refractivity contribution in [2.24, 2.45) is 0 Å². The first-order valence-corrected chi connectivity index (χ1v) is 7.23. The molecular weight excluding hydrogens is 292 g/mol. The van der Waals surface area contributed by atoms with Crippen LogP contribution in [-0.2, 0) is 11.3 Å². The summed E-state index contributed by atoms with van der Waals surface area (Å²) >= 11 is 0. The largest absolute Gasteiger partial charge is 0.425 e. The summed E-state index contributed by atoms with van der Waals surface area (Å²) in [6, 6.07) is 15.1. The molecule has 0 amide bonds. The summed E-state index contributed by atoms with van der Waals surface area (Å²) in [5.74, 6) is 0.586. The molecule has 0 radical (unpaired) electrons. The van der Waals surface area contributed by atoms with Crippen molar-refractivity contribution in [2.45, 2.75) is 20.4 Å². The zero-order chi connectivity index (χ0) is 16.2. The molecule has 1 aromatic heterocycles. The Morgan fingerprint density at radius 2 is 1.91 bits per heavy atom. The number of tetrazole rings is 1. The third-order valence-corrected chi connectivity index (χ3v) is 3.31. The molecule has 0 aliphatic heterocycles. The second kappa shape index (κ2) is 6.39. The van der Waals surface area contributed by atoms with E-state index >= 15 is 0 Å². The molecule has 116 valence electrons. The quantitative estimate of drug-likeness (QED) is 0.547. The van der Waals surface area contributed by atoms with Crippen molar-refractivity contribution in [2.75, 3.05) is 0 Å². The fraction of sp³-hybridized carbons (Fsp3) is 0.176. The van der Waals surface area contributed by atoms with Crippen LogP contribution in [0.2, 0.25) is 0 Å². The Labute approximate surface area is 133 Å². The van der Waals surface area contributed by atoms with E-state index < -0.39 is 5.97 Å². The number of esters is 1. The Kier molecular flexibility index (Phi) is 4.14. The van der Waals surface area contributed by atoms with Crippen molar-refractivity contribution in [3.63, 3.8) is 0 Å². The van der Waals surface area contributed by atoms with Crippen LogP contribution >= 0.6 is 0 Å². The Balaban J connectivity index is 1.68. The molecule has 0 N–H and O–H groups in total. The van der Waals surface area contributed by atoms with E-state index in [-0.39, 0.29) is 6.54 Å². The van der Waals surface area contributed by atoms with Gasteiger partial charge in [-0.05, 0) is 30.7 Å². The number of rotatable bonds is 4. The van der Waals surface area contributed by atoms with Gasteiger partial charge in [-0.15, -0.1) is 10.2 Å². The summed E-state index contributed by atoms with van der Waals surface area (Å²) < 4.78 is 5.35. The van der Waals surface area contributed by atoms with Gasteiger partial charge in [0, 0.05) is 5.56 Å². The number of carbonyl (C=O) groups excluding carboxylic acids is 1. The Morgan fingerprint density at radius 3 is 2.65 bits per heavy atom. The average molecular weight is 308 g/mol. The van der Waals surface area contributed by atoms with Crippen molar-refractivity contribution in [1.29, 1.82) is 0 Å². The number of benzene rings is 2. The Hall–Kier alpha value is -3.02. The molecular formula is C17H16N4O2. The lowest BCUT2D eigenvalue weighted by Crippen LogP contribution is -2.18. The van der Waals surface area contributed by atoms with Crippen molar-refractivity contribution >= 4 is 5.97 Å². The summed E-state index contributed by atoms with van der Waals surface area (Å²) in [4.78, 5) is 13.2. The number of nitrogens with zero attached hydrogens (tertiary/aromatic N) is 4. The van der Waals surface area contributed by atoms with E-state index in [2.05, 4.69) is 15.4 Å². The molecule has 6 heteroatoms. The average Bonchev–Trinajstić information content (AvgIpc) is 2.99. The maximum atomic E-state index is 12.0. The first-order valence-electron chi connectivity index (χ1n) is 7.23. The molecule has 2 aromatic carbocycles. The standard InChI is InChI=1S/C17H16N4O2/c1-12-8-9-15(13(2)10-12)23-16(22)11-21-19-17(18-20-21)14-6-4-3-5-7-14/h3-10H,11H2,1-2H3. The molecule has 0 saturated carbocycles. The normalized spacial score (nSPS) is 10.5. The smallest absolute Gasteiger partial charge is 0.335 e. The third kappa shape index (κ3) is 3.60. The lowest BCUT2D eigenvalue weighted by Gasteiger charge is -2.07. The van der Waals surface area contributed by atoms with Gasteiger partial charge in [0.05, 0.1) is 0 Å². The van der Waals surface area contributed by atoms with Gasteiger partial charge in [0.15, 0.2) is 6.54 Å². The first kappa shape index (κ1) is 14.9. The lowest BCUT2D eigenvalue weighted by atomic mass is 10.1. The minimum absolute atomic E-state index is 0.0901. The van der Waals surface area contributed by atoms with Crippen LogP contribution in [0.25, 0.3) is 11.4 Å². The van der Waals surface area contributed by atoms with Crippen LogP contribution in [0.3, 0.4) is 0 Å². The molecule has 23 heavy (non-hydrogen) atoms. The van der Waals surface area contributed by atoms with Crippen LogP contribution in [0.1, 0.15) is 11.1 Å². The summed E-state index contributed by atoms with van der Waals surface area (Å²) in [5.41, 5.74) is 2.88. The minimum Gasteiger partial charge on any atom is -0.425 e. The fourth-order valence-electron chi connectivity index (χ4n) is 2.20. The van der Waals surface area contributed by atoms with Crippen LogP contribution < -0.4 is 4.74 Å². The lowest BCUT2D eigenvalue weighted by molar-refractivity contribution is -0.135.